The van der Waals surface area contributed by atoms with Crippen LogP contribution in [0.15, 0.2) is 30.3 Å². The highest BCUT2D eigenvalue weighted by atomic mass is 16.2. The molecule has 0 atom stereocenters. The van der Waals surface area contributed by atoms with Gasteiger partial charge in [-0.2, -0.15) is 5.10 Å². The van der Waals surface area contributed by atoms with Crippen LogP contribution in [0, 0.1) is 13.8 Å². The van der Waals surface area contributed by atoms with Crippen LogP contribution in [0.4, 0.5) is 5.82 Å². The molecule has 0 fully saturated rings. The molecule has 0 spiro atoms. The number of benzene rings is 1. The Kier molecular flexibility index (Phi) is 4.18. The van der Waals surface area contributed by atoms with Gasteiger partial charge in [0.25, 0.3) is 0 Å². The Morgan fingerprint density at radius 1 is 1.14 bits per heavy atom. The number of carbonyl (C=O) groups is 2. The Morgan fingerprint density at radius 2 is 1.89 bits per heavy atom. The van der Waals surface area contributed by atoms with Gasteiger partial charge in [0.2, 0.25) is 5.91 Å². The van der Waals surface area contributed by atoms with E-state index in [1.54, 1.807) is 16.3 Å². The summed E-state index contributed by atoms with van der Waals surface area (Å²) in [7, 11) is 1.79. The summed E-state index contributed by atoms with van der Waals surface area (Å²) in [5.41, 5.74) is 4.01. The molecule has 4 aromatic rings. The highest BCUT2D eigenvalue weighted by molar-refractivity contribution is 6.01. The van der Waals surface area contributed by atoms with Gasteiger partial charge in [-0.15, -0.1) is 0 Å². The SMILES string of the molecule is CC(=O)c1nc2ccccc2n1CC(=O)Nc1nn(C)c2nc(C)cc(C)c12. The number of aryl methyl sites for hydroxylation is 3. The molecule has 0 radical (unpaired) electrons. The maximum atomic E-state index is 12.8. The van der Waals surface area contributed by atoms with Crippen molar-refractivity contribution < 1.29 is 9.59 Å². The zero-order valence-electron chi connectivity index (χ0n) is 16.1. The molecular formula is C20H20N6O2. The first-order valence-electron chi connectivity index (χ1n) is 8.92. The van der Waals surface area contributed by atoms with E-state index in [9.17, 15) is 9.59 Å². The highest BCUT2D eigenvalue weighted by Gasteiger charge is 2.19. The van der Waals surface area contributed by atoms with Gasteiger partial charge in [-0.25, -0.2) is 14.6 Å². The molecule has 0 bridgehead atoms. The number of hydrogen-bond donors (Lipinski definition) is 1. The zero-order valence-corrected chi connectivity index (χ0v) is 16.1. The molecule has 1 N–H and O–H groups in total. The van der Waals surface area contributed by atoms with Crippen molar-refractivity contribution in [3.63, 3.8) is 0 Å². The molecule has 0 aliphatic rings. The van der Waals surface area contributed by atoms with Crippen LogP contribution in [0.2, 0.25) is 0 Å². The quantitative estimate of drug-likeness (QED) is 0.553. The topological polar surface area (TPSA) is 94.7 Å². The summed E-state index contributed by atoms with van der Waals surface area (Å²) in [6, 6.07) is 9.32. The monoisotopic (exact) mass is 376 g/mol. The summed E-state index contributed by atoms with van der Waals surface area (Å²) in [4.78, 5) is 33.6. The zero-order chi connectivity index (χ0) is 20.0. The van der Waals surface area contributed by atoms with E-state index in [0.29, 0.717) is 17.0 Å². The van der Waals surface area contributed by atoms with Crippen LogP contribution in [0.3, 0.4) is 0 Å². The van der Waals surface area contributed by atoms with Crippen molar-refractivity contribution in [2.24, 2.45) is 7.05 Å². The minimum absolute atomic E-state index is 0.0359. The van der Waals surface area contributed by atoms with Crippen LogP contribution in [-0.2, 0) is 18.4 Å². The number of hydrogen-bond acceptors (Lipinski definition) is 5. The molecule has 8 heteroatoms. The maximum Gasteiger partial charge on any atom is 0.245 e. The molecule has 0 aliphatic heterocycles. The van der Waals surface area contributed by atoms with Gasteiger partial charge in [0.15, 0.2) is 23.1 Å². The van der Waals surface area contributed by atoms with Gasteiger partial charge >= 0.3 is 0 Å². The number of ketones is 1. The predicted octanol–water partition coefficient (Wildman–Crippen LogP) is 2.78. The fraction of sp³-hybridized carbons (Fsp3) is 0.250. The van der Waals surface area contributed by atoms with E-state index in [1.807, 2.05) is 44.2 Å². The molecule has 3 heterocycles. The number of rotatable bonds is 4. The Morgan fingerprint density at radius 3 is 2.64 bits per heavy atom. The summed E-state index contributed by atoms with van der Waals surface area (Å²) in [5.74, 6) is 0.241. The van der Waals surface area contributed by atoms with E-state index >= 15 is 0 Å². The van der Waals surface area contributed by atoms with Gasteiger partial charge in [-0.1, -0.05) is 12.1 Å². The van der Waals surface area contributed by atoms with E-state index in [0.717, 1.165) is 22.2 Å². The Hall–Kier alpha value is -3.55. The second-order valence-corrected chi connectivity index (χ2v) is 6.87. The van der Waals surface area contributed by atoms with E-state index in [2.05, 4.69) is 20.4 Å². The third-order valence-corrected chi connectivity index (χ3v) is 4.65. The number of aromatic nitrogens is 5. The number of nitrogens with one attached hydrogen (secondary N) is 1. The summed E-state index contributed by atoms with van der Waals surface area (Å²) in [6.07, 6.45) is 0. The summed E-state index contributed by atoms with van der Waals surface area (Å²) >= 11 is 0. The Balaban J connectivity index is 1.70. The third kappa shape index (κ3) is 2.92. The minimum Gasteiger partial charge on any atom is -0.312 e. The number of amides is 1. The van der Waals surface area contributed by atoms with Crippen LogP contribution in [0.1, 0.15) is 28.8 Å². The van der Waals surface area contributed by atoms with Crippen molar-refractivity contribution >= 4 is 39.6 Å². The molecular weight excluding hydrogens is 356 g/mol. The molecule has 8 nitrogen and oxygen atoms in total. The number of fused-ring (bicyclic) bond motifs is 2. The molecule has 0 saturated carbocycles. The Bertz CT molecular complexity index is 1250. The fourth-order valence-corrected chi connectivity index (χ4v) is 3.50. The summed E-state index contributed by atoms with van der Waals surface area (Å²) < 4.78 is 3.28. The first-order valence-corrected chi connectivity index (χ1v) is 8.92. The second-order valence-electron chi connectivity index (χ2n) is 6.87. The van der Waals surface area contributed by atoms with Gasteiger partial charge in [0.1, 0.15) is 6.54 Å². The van der Waals surface area contributed by atoms with Gasteiger partial charge < -0.3 is 9.88 Å². The number of para-hydroxylation sites is 2. The largest absolute Gasteiger partial charge is 0.312 e. The van der Waals surface area contributed by atoms with Gasteiger partial charge in [-0.05, 0) is 37.6 Å². The molecule has 4 rings (SSSR count). The van der Waals surface area contributed by atoms with Crippen molar-refractivity contribution in [2.75, 3.05) is 5.32 Å². The fourth-order valence-electron chi connectivity index (χ4n) is 3.50. The molecule has 1 aromatic carbocycles. The van der Waals surface area contributed by atoms with Crippen molar-refractivity contribution in [2.45, 2.75) is 27.3 Å². The lowest BCUT2D eigenvalue weighted by Crippen LogP contribution is -2.21. The smallest absolute Gasteiger partial charge is 0.245 e. The van der Waals surface area contributed by atoms with Crippen molar-refractivity contribution in [1.82, 2.24) is 24.3 Å². The van der Waals surface area contributed by atoms with Crippen LogP contribution < -0.4 is 5.32 Å². The molecule has 1 amide bonds. The highest BCUT2D eigenvalue weighted by Crippen LogP contribution is 2.25. The summed E-state index contributed by atoms with van der Waals surface area (Å²) in [6.45, 7) is 5.29. The molecule has 0 aliphatic carbocycles. The van der Waals surface area contributed by atoms with Gasteiger partial charge in [-0.3, -0.25) is 9.59 Å². The number of nitrogens with zero attached hydrogens (tertiary/aromatic N) is 5. The predicted molar refractivity (Wildman–Crippen MR) is 106 cm³/mol. The van der Waals surface area contributed by atoms with E-state index in [4.69, 9.17) is 0 Å². The second kappa shape index (κ2) is 6.56. The minimum atomic E-state index is -0.286. The number of anilines is 1. The van der Waals surface area contributed by atoms with E-state index < -0.39 is 0 Å². The van der Waals surface area contributed by atoms with Gasteiger partial charge in [0.05, 0.1) is 16.4 Å². The maximum absolute atomic E-state index is 12.8. The lowest BCUT2D eigenvalue weighted by Gasteiger charge is -2.08. The standard InChI is InChI=1S/C20H20N6O2/c1-11-9-12(2)21-20-17(11)18(24-25(20)4)23-16(28)10-26-15-8-6-5-7-14(15)22-19(26)13(3)27/h5-9H,10H2,1-4H3,(H,23,24,28). The lowest BCUT2D eigenvalue weighted by molar-refractivity contribution is -0.116. The average Bonchev–Trinajstić information content (AvgIpc) is 3.14. The molecule has 28 heavy (non-hydrogen) atoms. The molecule has 3 aromatic heterocycles. The number of imidazole rings is 1. The normalized spacial score (nSPS) is 11.3. The Labute approximate surface area is 161 Å². The number of pyridine rings is 1. The first kappa shape index (κ1) is 17.8. The van der Waals surface area contributed by atoms with Crippen molar-refractivity contribution in [3.05, 3.63) is 47.4 Å². The van der Waals surface area contributed by atoms with Gasteiger partial charge in [0, 0.05) is 19.7 Å². The number of Topliss-reactive ketones (excluding diaryl/α,β-unsaturated/α-hetero) is 1. The van der Waals surface area contributed by atoms with Crippen molar-refractivity contribution in [1.29, 1.82) is 0 Å². The third-order valence-electron chi connectivity index (χ3n) is 4.65. The molecule has 0 saturated heterocycles. The van der Waals surface area contributed by atoms with Crippen LogP contribution in [-0.4, -0.2) is 36.0 Å². The molecule has 142 valence electrons. The summed E-state index contributed by atoms with van der Waals surface area (Å²) in [5, 5.41) is 8.08. The van der Waals surface area contributed by atoms with Crippen molar-refractivity contribution in [3.8, 4) is 0 Å². The molecule has 0 unspecified atom stereocenters. The van der Waals surface area contributed by atoms with Crippen LogP contribution in [0.25, 0.3) is 22.1 Å². The first-order chi connectivity index (χ1) is 13.3. The average molecular weight is 376 g/mol. The van der Waals surface area contributed by atoms with Crippen LogP contribution >= 0.6 is 0 Å². The van der Waals surface area contributed by atoms with E-state index in [1.165, 1.54) is 6.92 Å². The van der Waals surface area contributed by atoms with Crippen LogP contribution in [0.5, 0.6) is 0 Å². The number of carbonyl (C=O) groups excluding carboxylic acids is 2. The lowest BCUT2D eigenvalue weighted by atomic mass is 10.2. The van der Waals surface area contributed by atoms with E-state index in [-0.39, 0.29) is 24.1 Å².